The number of fused-ring (bicyclic) bond motifs is 1. The first-order valence-corrected chi connectivity index (χ1v) is 6.48. The van der Waals surface area contributed by atoms with Crippen LogP contribution in [0, 0.1) is 0 Å². The van der Waals surface area contributed by atoms with Crippen LogP contribution in [0.3, 0.4) is 0 Å². The molecule has 0 spiro atoms. The quantitative estimate of drug-likeness (QED) is 0.631. The molecule has 20 heavy (non-hydrogen) atoms. The highest BCUT2D eigenvalue weighted by atomic mass is 16.8. The number of aromatic hydroxyl groups is 1. The molecule has 1 aliphatic rings. The first kappa shape index (κ1) is 12.9. The number of anilines is 1. The Hall–Kier alpha value is -2.08. The van der Waals surface area contributed by atoms with Crippen molar-refractivity contribution in [3.63, 3.8) is 0 Å². The Labute approximate surface area is 116 Å². The summed E-state index contributed by atoms with van der Waals surface area (Å²) < 4.78 is 0. The number of hydrogen-bond acceptors (Lipinski definition) is 5. The first-order chi connectivity index (χ1) is 9.65. The summed E-state index contributed by atoms with van der Waals surface area (Å²) in [5.74, 6) is 0.288. The summed E-state index contributed by atoms with van der Waals surface area (Å²) in [5, 5.41) is 31.0. The lowest BCUT2D eigenvalue weighted by molar-refractivity contribution is 0.0291. The molecule has 0 saturated heterocycles. The van der Waals surface area contributed by atoms with Gasteiger partial charge >= 0.3 is 0 Å². The fourth-order valence-corrected chi connectivity index (χ4v) is 2.65. The van der Waals surface area contributed by atoms with E-state index in [1.165, 1.54) is 0 Å². The van der Waals surface area contributed by atoms with Gasteiger partial charge in [0, 0.05) is 6.54 Å². The Morgan fingerprint density at radius 1 is 1.05 bits per heavy atom. The zero-order valence-electron chi connectivity index (χ0n) is 10.8. The van der Waals surface area contributed by atoms with E-state index in [1.54, 1.807) is 24.3 Å². The largest absolute Gasteiger partial charge is 0.508 e. The molecule has 104 valence electrons. The highest BCUT2D eigenvalue weighted by Gasteiger charge is 2.21. The van der Waals surface area contributed by atoms with Crippen LogP contribution in [0.5, 0.6) is 5.75 Å². The third-order valence-corrected chi connectivity index (χ3v) is 3.64. The molecule has 0 amide bonds. The maximum Gasteiger partial charge on any atom is 0.115 e. The summed E-state index contributed by atoms with van der Waals surface area (Å²) in [4.78, 5) is 0. The van der Waals surface area contributed by atoms with Crippen LogP contribution >= 0.6 is 0 Å². The summed E-state index contributed by atoms with van der Waals surface area (Å²) in [6.45, 7) is 0.842. The Bertz CT molecular complexity index is 611. The second-order valence-corrected chi connectivity index (χ2v) is 4.90. The van der Waals surface area contributed by atoms with Crippen molar-refractivity contribution in [1.29, 1.82) is 0 Å². The summed E-state index contributed by atoms with van der Waals surface area (Å²) in [6, 6.07) is 12.5. The van der Waals surface area contributed by atoms with Crippen LogP contribution in [0.25, 0.3) is 0 Å². The minimum Gasteiger partial charge on any atom is -0.508 e. The normalized spacial score (nSPS) is 17.6. The monoisotopic (exact) mass is 272 g/mol. The van der Waals surface area contributed by atoms with Gasteiger partial charge in [0.1, 0.15) is 5.75 Å². The van der Waals surface area contributed by atoms with E-state index in [2.05, 4.69) is 5.32 Å². The second-order valence-electron chi connectivity index (χ2n) is 4.90. The maximum atomic E-state index is 9.56. The molecule has 3 rings (SSSR count). The molecule has 1 heterocycles. The number of phenols is 1. The van der Waals surface area contributed by atoms with Crippen LogP contribution in [0.2, 0.25) is 0 Å². The van der Waals surface area contributed by atoms with Gasteiger partial charge in [0.2, 0.25) is 0 Å². The van der Waals surface area contributed by atoms with E-state index >= 15 is 0 Å². The minimum atomic E-state index is 0.0548. The van der Waals surface area contributed by atoms with Gasteiger partial charge in [0.05, 0.1) is 11.7 Å². The van der Waals surface area contributed by atoms with Crippen LogP contribution < -0.4 is 10.5 Å². The van der Waals surface area contributed by atoms with Gasteiger partial charge in [-0.2, -0.15) is 0 Å². The Kier molecular flexibility index (Phi) is 3.31. The fraction of sp³-hybridized carbons (Fsp3) is 0.200. The molecule has 0 aromatic heterocycles. The molecule has 0 saturated carbocycles. The average molecular weight is 272 g/mol. The molecule has 5 heteroatoms. The van der Waals surface area contributed by atoms with E-state index in [0.717, 1.165) is 29.7 Å². The number of nitrogens with zero attached hydrogens (tertiary/aromatic N) is 1. The van der Waals surface area contributed by atoms with E-state index in [1.807, 2.05) is 18.2 Å². The lowest BCUT2D eigenvalue weighted by Crippen LogP contribution is -2.30. The van der Waals surface area contributed by atoms with E-state index in [9.17, 15) is 5.11 Å². The zero-order chi connectivity index (χ0) is 14.1. The molecule has 5 nitrogen and oxygen atoms in total. The average Bonchev–Trinajstić information content (AvgIpc) is 2.46. The Morgan fingerprint density at radius 2 is 1.80 bits per heavy atom. The van der Waals surface area contributed by atoms with E-state index in [0.29, 0.717) is 5.69 Å². The summed E-state index contributed by atoms with van der Waals surface area (Å²) in [5.41, 5.74) is 3.65. The van der Waals surface area contributed by atoms with Crippen molar-refractivity contribution in [2.75, 3.05) is 11.8 Å². The molecule has 2 aromatic rings. The van der Waals surface area contributed by atoms with Gasteiger partial charge in [0.25, 0.3) is 0 Å². The molecular weight excluding hydrogens is 256 g/mol. The number of benzene rings is 2. The molecule has 4 N–H and O–H groups in total. The lowest BCUT2D eigenvalue weighted by atomic mass is 9.89. The predicted octanol–water partition coefficient (Wildman–Crippen LogP) is 2.21. The number of phenolic OH excluding ortho intramolecular Hbond substituents is 1. The highest BCUT2D eigenvalue weighted by molar-refractivity contribution is 5.47. The smallest absolute Gasteiger partial charge is 0.115 e. The van der Waals surface area contributed by atoms with Crippen molar-refractivity contribution in [2.45, 2.75) is 12.5 Å². The second kappa shape index (κ2) is 5.13. The van der Waals surface area contributed by atoms with Crippen molar-refractivity contribution >= 4 is 5.69 Å². The van der Waals surface area contributed by atoms with Gasteiger partial charge in [-0.1, -0.05) is 18.2 Å². The summed E-state index contributed by atoms with van der Waals surface area (Å²) in [6.07, 6.45) is 0.888. The van der Waals surface area contributed by atoms with E-state index in [-0.39, 0.29) is 17.0 Å². The highest BCUT2D eigenvalue weighted by Crippen LogP contribution is 2.31. The minimum absolute atomic E-state index is 0.0548. The fourth-order valence-electron chi connectivity index (χ4n) is 2.65. The summed E-state index contributed by atoms with van der Waals surface area (Å²) in [7, 11) is 0. The van der Waals surface area contributed by atoms with Crippen LogP contribution in [-0.2, 0) is 6.42 Å². The van der Waals surface area contributed by atoms with Gasteiger partial charge < -0.3 is 10.4 Å². The zero-order valence-corrected chi connectivity index (χ0v) is 10.8. The molecule has 0 aliphatic carbocycles. The molecular formula is C15H16N2O3. The van der Waals surface area contributed by atoms with Crippen LogP contribution in [-0.4, -0.2) is 22.1 Å². The SMILES string of the molecule is Oc1ccc2c(c1)CCN[C@@H]2c1ccc(N(O)O)cc1. The van der Waals surface area contributed by atoms with Crippen molar-refractivity contribution in [3.8, 4) is 5.75 Å². The lowest BCUT2D eigenvalue weighted by Gasteiger charge is -2.27. The number of rotatable bonds is 2. The van der Waals surface area contributed by atoms with Gasteiger partial charge in [-0.15, -0.1) is 5.23 Å². The van der Waals surface area contributed by atoms with Crippen molar-refractivity contribution in [1.82, 2.24) is 5.32 Å². The topological polar surface area (TPSA) is 76.0 Å². The van der Waals surface area contributed by atoms with Gasteiger partial charge in [-0.3, -0.25) is 10.4 Å². The standard InChI is InChI=1S/C15H16N2O3/c18-13-5-6-14-11(9-13)7-8-16-15(14)10-1-3-12(4-2-10)17(19)20/h1-6,9,15-16,18-20H,7-8H2/t15-/m1/s1. The Balaban J connectivity index is 1.96. The van der Waals surface area contributed by atoms with Gasteiger partial charge in [0.15, 0.2) is 0 Å². The number of hydrogen-bond donors (Lipinski definition) is 4. The summed E-state index contributed by atoms with van der Waals surface area (Å²) >= 11 is 0. The van der Waals surface area contributed by atoms with Crippen LogP contribution in [0.15, 0.2) is 42.5 Å². The van der Waals surface area contributed by atoms with E-state index < -0.39 is 0 Å². The first-order valence-electron chi connectivity index (χ1n) is 6.48. The van der Waals surface area contributed by atoms with Crippen molar-refractivity contribution < 1.29 is 15.5 Å². The van der Waals surface area contributed by atoms with Crippen molar-refractivity contribution in [3.05, 3.63) is 59.2 Å². The van der Waals surface area contributed by atoms with Crippen LogP contribution in [0.4, 0.5) is 5.69 Å². The predicted molar refractivity (Wildman–Crippen MR) is 74.2 cm³/mol. The van der Waals surface area contributed by atoms with Gasteiger partial charge in [-0.05, 0) is 47.4 Å². The maximum absolute atomic E-state index is 9.56. The third kappa shape index (κ3) is 2.34. The molecule has 0 radical (unpaired) electrons. The number of nitrogens with one attached hydrogen (secondary N) is 1. The molecule has 0 fully saturated rings. The van der Waals surface area contributed by atoms with Crippen LogP contribution in [0.1, 0.15) is 22.7 Å². The molecule has 1 aliphatic heterocycles. The van der Waals surface area contributed by atoms with Crippen molar-refractivity contribution in [2.24, 2.45) is 0 Å². The molecule has 2 aromatic carbocycles. The van der Waals surface area contributed by atoms with E-state index in [4.69, 9.17) is 10.4 Å². The molecule has 1 atom stereocenters. The third-order valence-electron chi connectivity index (χ3n) is 3.64. The van der Waals surface area contributed by atoms with Gasteiger partial charge in [-0.25, -0.2) is 0 Å². The molecule has 0 bridgehead atoms. The molecule has 0 unspecified atom stereocenters. The Morgan fingerprint density at radius 3 is 2.50 bits per heavy atom.